The first-order chi connectivity index (χ1) is 12.6. The molecule has 0 aliphatic carbocycles. The highest BCUT2D eigenvalue weighted by molar-refractivity contribution is 6.07. The van der Waals surface area contributed by atoms with Gasteiger partial charge in [-0.3, -0.25) is 9.78 Å². The fraction of sp³-hybridized carbons (Fsp3) is 0.524. The molecule has 1 aliphatic rings. The average molecular weight is 356 g/mol. The van der Waals surface area contributed by atoms with Crippen molar-refractivity contribution in [3.05, 3.63) is 36.0 Å². The Bertz CT molecular complexity index is 762. The van der Waals surface area contributed by atoms with Crippen LogP contribution in [0.25, 0.3) is 10.9 Å². The number of ketones is 1. The van der Waals surface area contributed by atoms with Crippen molar-refractivity contribution in [3.8, 4) is 5.75 Å². The minimum atomic E-state index is 0.174. The second-order valence-electron chi connectivity index (χ2n) is 7.06. The van der Waals surface area contributed by atoms with E-state index in [0.29, 0.717) is 18.3 Å². The third-order valence-corrected chi connectivity index (χ3v) is 5.64. The minimum Gasteiger partial charge on any atom is -0.497 e. The number of piperidine rings is 1. The monoisotopic (exact) mass is 356 g/mol. The molecule has 1 aromatic carbocycles. The first-order valence-corrected chi connectivity index (χ1v) is 9.33. The summed E-state index contributed by atoms with van der Waals surface area (Å²) in [5.74, 6) is 1.88. The maximum atomic E-state index is 12.9. The molecule has 5 nitrogen and oxygen atoms in total. The molecule has 0 radical (unpaired) electrons. The lowest BCUT2D eigenvalue weighted by molar-refractivity contribution is 0.0260. The first-order valence-electron chi connectivity index (χ1n) is 9.33. The van der Waals surface area contributed by atoms with Crippen molar-refractivity contribution in [2.75, 3.05) is 27.3 Å². The summed E-state index contributed by atoms with van der Waals surface area (Å²) < 4.78 is 10.9. The van der Waals surface area contributed by atoms with E-state index in [4.69, 9.17) is 9.47 Å². The number of carbonyl (C=O) groups is 1. The van der Waals surface area contributed by atoms with Crippen molar-refractivity contribution in [3.63, 3.8) is 0 Å². The molecular weight excluding hydrogens is 328 g/mol. The maximum Gasteiger partial charge on any atom is 0.163 e. The largest absolute Gasteiger partial charge is 0.497 e. The summed E-state index contributed by atoms with van der Waals surface area (Å²) in [6, 6.07) is 7.49. The van der Waals surface area contributed by atoms with Crippen LogP contribution < -0.4 is 10.1 Å². The van der Waals surface area contributed by atoms with Gasteiger partial charge in [-0.1, -0.05) is 0 Å². The number of methoxy groups -OCH3 is 2. The second-order valence-corrected chi connectivity index (χ2v) is 7.06. The zero-order valence-corrected chi connectivity index (χ0v) is 15.8. The first kappa shape index (κ1) is 18.8. The van der Waals surface area contributed by atoms with Crippen LogP contribution in [-0.4, -0.2) is 44.2 Å². The molecule has 0 saturated carbocycles. The Kier molecular flexibility index (Phi) is 6.22. The van der Waals surface area contributed by atoms with E-state index in [9.17, 15) is 4.79 Å². The van der Waals surface area contributed by atoms with Crippen LogP contribution in [0.15, 0.2) is 30.5 Å². The van der Waals surface area contributed by atoms with Crippen LogP contribution in [0.1, 0.15) is 36.5 Å². The van der Waals surface area contributed by atoms with Gasteiger partial charge in [0.1, 0.15) is 5.75 Å². The molecule has 1 N–H and O–H groups in total. The van der Waals surface area contributed by atoms with E-state index >= 15 is 0 Å². The fourth-order valence-electron chi connectivity index (χ4n) is 3.97. The van der Waals surface area contributed by atoms with Gasteiger partial charge in [-0.25, -0.2) is 0 Å². The number of fused-ring (bicyclic) bond motifs is 1. The standard InChI is InChI=1S/C21H28N2O3/c1-14(25-2)19-13-22-10-8-15(19)4-7-21(24)17-9-11-23-20-6-5-16(26-3)12-18(17)20/h5-6,9,11-12,14-15,19,22H,4,7-8,10,13H2,1-3H3/t14?,15-,19-/m1/s1. The lowest BCUT2D eigenvalue weighted by atomic mass is 9.79. The Balaban J connectivity index is 1.74. The number of nitrogens with zero attached hydrogens (tertiary/aromatic N) is 1. The van der Waals surface area contributed by atoms with E-state index < -0.39 is 0 Å². The van der Waals surface area contributed by atoms with E-state index in [1.165, 1.54) is 0 Å². The number of rotatable bonds is 7. The number of Topliss-reactive ketones (excluding diaryl/α,β-unsaturated/α-hetero) is 1. The zero-order valence-electron chi connectivity index (χ0n) is 15.8. The fourth-order valence-corrected chi connectivity index (χ4v) is 3.97. The molecule has 5 heteroatoms. The van der Waals surface area contributed by atoms with Crippen molar-refractivity contribution in [2.45, 2.75) is 32.3 Å². The van der Waals surface area contributed by atoms with Crippen LogP contribution in [0.3, 0.4) is 0 Å². The smallest absolute Gasteiger partial charge is 0.163 e. The third-order valence-electron chi connectivity index (χ3n) is 5.64. The molecule has 0 amide bonds. The van der Waals surface area contributed by atoms with Crippen LogP contribution in [0.4, 0.5) is 0 Å². The number of aromatic nitrogens is 1. The van der Waals surface area contributed by atoms with Gasteiger partial charge in [0, 0.05) is 43.1 Å². The van der Waals surface area contributed by atoms with Gasteiger partial charge in [-0.2, -0.15) is 0 Å². The number of carbonyl (C=O) groups excluding carboxylic acids is 1. The van der Waals surface area contributed by atoms with E-state index in [2.05, 4.69) is 17.2 Å². The number of nitrogens with one attached hydrogen (secondary N) is 1. The molecule has 3 rings (SSSR count). The van der Waals surface area contributed by atoms with Crippen LogP contribution in [0.2, 0.25) is 0 Å². The Morgan fingerprint density at radius 3 is 2.96 bits per heavy atom. The van der Waals surface area contributed by atoms with Crippen LogP contribution >= 0.6 is 0 Å². The predicted octanol–water partition coefficient (Wildman–Crippen LogP) is 3.47. The normalized spacial score (nSPS) is 21.5. The Morgan fingerprint density at radius 1 is 1.35 bits per heavy atom. The van der Waals surface area contributed by atoms with E-state index in [1.807, 2.05) is 24.3 Å². The summed E-state index contributed by atoms with van der Waals surface area (Å²) in [4.78, 5) is 17.3. The van der Waals surface area contributed by atoms with Gasteiger partial charge < -0.3 is 14.8 Å². The summed E-state index contributed by atoms with van der Waals surface area (Å²) in [5.41, 5.74) is 1.56. The Labute approximate surface area is 155 Å². The van der Waals surface area contributed by atoms with E-state index in [1.54, 1.807) is 20.4 Å². The van der Waals surface area contributed by atoms with Gasteiger partial charge >= 0.3 is 0 Å². The maximum absolute atomic E-state index is 12.9. The highest BCUT2D eigenvalue weighted by Crippen LogP contribution is 2.30. The van der Waals surface area contributed by atoms with Gasteiger partial charge in [-0.15, -0.1) is 0 Å². The predicted molar refractivity (Wildman–Crippen MR) is 103 cm³/mol. The summed E-state index contributed by atoms with van der Waals surface area (Å²) >= 11 is 0. The molecule has 140 valence electrons. The Morgan fingerprint density at radius 2 is 2.19 bits per heavy atom. The molecule has 26 heavy (non-hydrogen) atoms. The van der Waals surface area contributed by atoms with Crippen molar-refractivity contribution in [1.29, 1.82) is 0 Å². The number of pyridine rings is 1. The topological polar surface area (TPSA) is 60.5 Å². The Hall–Kier alpha value is -1.98. The van der Waals surface area contributed by atoms with Crippen molar-refractivity contribution < 1.29 is 14.3 Å². The molecule has 1 unspecified atom stereocenters. The lowest BCUT2D eigenvalue weighted by Crippen LogP contribution is -2.42. The molecule has 0 bridgehead atoms. The van der Waals surface area contributed by atoms with Crippen molar-refractivity contribution in [1.82, 2.24) is 10.3 Å². The number of benzene rings is 1. The molecule has 2 heterocycles. The second kappa shape index (κ2) is 8.60. The molecule has 1 aromatic heterocycles. The van der Waals surface area contributed by atoms with Gasteiger partial charge in [0.25, 0.3) is 0 Å². The number of ether oxygens (including phenoxy) is 2. The molecule has 1 aliphatic heterocycles. The molecule has 1 saturated heterocycles. The summed E-state index contributed by atoms with van der Waals surface area (Å²) in [5, 5.41) is 4.31. The van der Waals surface area contributed by atoms with Crippen molar-refractivity contribution >= 4 is 16.7 Å². The average Bonchev–Trinajstić information content (AvgIpc) is 2.70. The van der Waals surface area contributed by atoms with Crippen LogP contribution in [0.5, 0.6) is 5.75 Å². The highest BCUT2D eigenvalue weighted by Gasteiger charge is 2.30. The van der Waals surface area contributed by atoms with E-state index in [-0.39, 0.29) is 11.9 Å². The molecular formula is C21H28N2O3. The number of hydrogen-bond donors (Lipinski definition) is 1. The van der Waals surface area contributed by atoms with Gasteiger partial charge in [0.2, 0.25) is 0 Å². The number of hydrogen-bond acceptors (Lipinski definition) is 5. The summed E-state index contributed by atoms with van der Waals surface area (Å²) in [6.07, 6.45) is 4.45. The minimum absolute atomic E-state index is 0.174. The molecule has 3 atom stereocenters. The molecule has 1 fully saturated rings. The quantitative estimate of drug-likeness (QED) is 0.770. The third kappa shape index (κ3) is 4.05. The zero-order chi connectivity index (χ0) is 18.5. The SMILES string of the molecule is COc1ccc2nccc(C(=O)CC[C@@H]3CCNC[C@@H]3C(C)OC)c2c1. The van der Waals surface area contributed by atoms with Gasteiger partial charge in [0.05, 0.1) is 18.7 Å². The summed E-state index contributed by atoms with van der Waals surface area (Å²) in [6.45, 7) is 4.10. The molecule has 2 aromatic rings. The lowest BCUT2D eigenvalue weighted by Gasteiger charge is -2.35. The highest BCUT2D eigenvalue weighted by atomic mass is 16.5. The van der Waals surface area contributed by atoms with Crippen molar-refractivity contribution in [2.24, 2.45) is 11.8 Å². The molecule has 0 spiro atoms. The van der Waals surface area contributed by atoms with Crippen LogP contribution in [0, 0.1) is 11.8 Å². The summed E-state index contributed by atoms with van der Waals surface area (Å²) in [7, 11) is 3.39. The van der Waals surface area contributed by atoms with Gasteiger partial charge in [-0.05, 0) is 56.5 Å². The van der Waals surface area contributed by atoms with E-state index in [0.717, 1.165) is 48.1 Å². The van der Waals surface area contributed by atoms with Gasteiger partial charge in [0.15, 0.2) is 5.78 Å². The van der Waals surface area contributed by atoms with Crippen LogP contribution in [-0.2, 0) is 4.74 Å².